The molecule has 0 aliphatic carbocycles. The Hall–Kier alpha value is -3.66. The van der Waals surface area contributed by atoms with E-state index < -0.39 is 6.36 Å². The second-order valence-corrected chi connectivity index (χ2v) is 8.53. The van der Waals surface area contributed by atoms with E-state index in [2.05, 4.69) is 49.0 Å². The van der Waals surface area contributed by atoms with Crippen LogP contribution >= 0.6 is 0 Å². The summed E-state index contributed by atoms with van der Waals surface area (Å²) in [6.07, 6.45) is -1.57. The summed E-state index contributed by atoms with van der Waals surface area (Å²) in [6, 6.07) is 15.8. The Kier molecular flexibility index (Phi) is 8.04. The van der Waals surface area contributed by atoms with Crippen molar-refractivity contribution >= 4 is 5.71 Å². The maximum atomic E-state index is 12.3. The normalized spacial score (nSPS) is 15.5. The number of rotatable bonds is 8. The summed E-state index contributed by atoms with van der Waals surface area (Å²) >= 11 is 0. The van der Waals surface area contributed by atoms with Gasteiger partial charge in [0.25, 0.3) is 5.88 Å². The summed E-state index contributed by atoms with van der Waals surface area (Å²) in [4.78, 5) is 16.3. The Balaban J connectivity index is 1.32. The number of nitrogens with zero attached hydrogens (tertiary/aromatic N) is 4. The highest BCUT2D eigenvalue weighted by molar-refractivity contribution is 5.98. The van der Waals surface area contributed by atoms with E-state index in [-0.39, 0.29) is 17.7 Å². The minimum absolute atomic E-state index is 0.0427. The number of hydrogen-bond donors (Lipinski definition) is 0. The van der Waals surface area contributed by atoms with Gasteiger partial charge in [-0.3, -0.25) is 4.90 Å². The lowest BCUT2D eigenvalue weighted by Gasteiger charge is -2.32. The average Bonchev–Trinajstić information content (AvgIpc) is 2.86. The molecule has 190 valence electrons. The first kappa shape index (κ1) is 25.4. The average molecular weight is 501 g/mol. The van der Waals surface area contributed by atoms with Gasteiger partial charge in [0.2, 0.25) is 5.88 Å². The molecule has 1 saturated heterocycles. The highest BCUT2D eigenvalue weighted by Crippen LogP contribution is 2.27. The lowest BCUT2D eigenvalue weighted by atomic mass is 10.1. The molecule has 0 amide bonds. The molecule has 0 spiro atoms. The van der Waals surface area contributed by atoms with Crippen molar-refractivity contribution in [1.29, 1.82) is 0 Å². The number of hydrogen-bond acceptors (Lipinski definition) is 7. The lowest BCUT2D eigenvalue weighted by Crippen LogP contribution is -2.38. The molecule has 1 fully saturated rings. The summed E-state index contributed by atoms with van der Waals surface area (Å²) in [6.45, 7) is 6.26. The monoisotopic (exact) mass is 500 g/mol. The van der Waals surface area contributed by atoms with Crippen molar-refractivity contribution in [2.75, 3.05) is 13.1 Å². The molecule has 10 heteroatoms. The van der Waals surface area contributed by atoms with Crippen LogP contribution in [0.25, 0.3) is 0 Å². The van der Waals surface area contributed by atoms with Crippen molar-refractivity contribution in [2.45, 2.75) is 45.7 Å². The Morgan fingerprint density at radius 2 is 1.67 bits per heavy atom. The molecule has 4 rings (SSSR count). The van der Waals surface area contributed by atoms with E-state index in [9.17, 15) is 13.2 Å². The maximum absolute atomic E-state index is 12.3. The SMILES string of the molecule is CC(=NOc1ncnc(OC2CCN(Cc3ccccc3)CC2)c1C)c1ccc(OC(F)(F)F)cc1. The number of benzene rings is 2. The molecular formula is C26H27F3N4O3. The Bertz CT molecular complexity index is 1160. The summed E-state index contributed by atoms with van der Waals surface area (Å²) in [5.41, 5.74) is 2.95. The van der Waals surface area contributed by atoms with Crippen molar-refractivity contribution in [2.24, 2.45) is 5.16 Å². The van der Waals surface area contributed by atoms with Crippen LogP contribution < -0.4 is 14.3 Å². The summed E-state index contributed by atoms with van der Waals surface area (Å²) in [7, 11) is 0. The molecule has 1 aromatic heterocycles. The van der Waals surface area contributed by atoms with Crippen LogP contribution in [0.1, 0.15) is 36.5 Å². The first-order valence-electron chi connectivity index (χ1n) is 11.6. The third-order valence-corrected chi connectivity index (χ3v) is 5.83. The molecule has 1 aliphatic rings. The first-order valence-corrected chi connectivity index (χ1v) is 11.6. The van der Waals surface area contributed by atoms with Crippen molar-refractivity contribution in [1.82, 2.24) is 14.9 Å². The smallest absolute Gasteiger partial charge is 0.474 e. The standard InChI is InChI=1S/C26H27F3N4O3/c1-18-24(34-22-12-14-33(15-13-22)16-20-6-4-3-5-7-20)30-17-31-25(18)36-32-19(2)21-8-10-23(11-9-21)35-26(27,28)29/h3-11,17,22H,12-16H2,1-2H3. The van der Waals surface area contributed by atoms with Crippen LogP contribution in [-0.4, -0.2) is 46.1 Å². The van der Waals surface area contributed by atoms with Crippen molar-refractivity contribution in [3.8, 4) is 17.5 Å². The molecule has 0 atom stereocenters. The molecule has 0 bridgehead atoms. The van der Waals surface area contributed by atoms with Crippen molar-refractivity contribution in [3.63, 3.8) is 0 Å². The molecule has 0 radical (unpaired) electrons. The fraction of sp³-hybridized carbons (Fsp3) is 0.346. The number of ether oxygens (including phenoxy) is 2. The zero-order valence-corrected chi connectivity index (χ0v) is 20.0. The lowest BCUT2D eigenvalue weighted by molar-refractivity contribution is -0.274. The molecule has 2 aromatic carbocycles. The molecule has 0 unspecified atom stereocenters. The van der Waals surface area contributed by atoms with E-state index in [1.165, 1.54) is 36.2 Å². The van der Waals surface area contributed by atoms with Crippen LogP contribution in [0.15, 0.2) is 66.1 Å². The predicted molar refractivity (Wildman–Crippen MR) is 128 cm³/mol. The summed E-state index contributed by atoms with van der Waals surface area (Å²) in [5.74, 6) is 0.389. The molecule has 7 nitrogen and oxygen atoms in total. The molecule has 3 aromatic rings. The topological polar surface area (TPSA) is 69.1 Å². The van der Waals surface area contributed by atoms with Gasteiger partial charge in [-0.05, 0) is 62.1 Å². The van der Waals surface area contributed by atoms with Gasteiger partial charge in [-0.15, -0.1) is 13.2 Å². The number of piperidine rings is 1. The molecular weight excluding hydrogens is 473 g/mol. The van der Waals surface area contributed by atoms with Gasteiger partial charge in [0.1, 0.15) is 18.2 Å². The number of alkyl halides is 3. The quantitative estimate of drug-likeness (QED) is 0.299. The first-order chi connectivity index (χ1) is 17.3. The Morgan fingerprint density at radius 3 is 2.33 bits per heavy atom. The van der Waals surface area contributed by atoms with Crippen LogP contribution in [0.5, 0.6) is 17.5 Å². The van der Waals surface area contributed by atoms with Crippen LogP contribution in [-0.2, 0) is 6.54 Å². The van der Waals surface area contributed by atoms with Gasteiger partial charge in [0.05, 0.1) is 11.3 Å². The van der Waals surface area contributed by atoms with Crippen LogP contribution in [0, 0.1) is 6.92 Å². The van der Waals surface area contributed by atoms with Gasteiger partial charge in [0, 0.05) is 19.6 Å². The maximum Gasteiger partial charge on any atom is 0.573 e. The zero-order chi connectivity index (χ0) is 25.5. The van der Waals surface area contributed by atoms with E-state index in [1.54, 1.807) is 13.8 Å². The van der Waals surface area contributed by atoms with Gasteiger partial charge in [-0.1, -0.05) is 35.5 Å². The zero-order valence-electron chi connectivity index (χ0n) is 20.0. The third-order valence-electron chi connectivity index (χ3n) is 5.83. The minimum atomic E-state index is -4.74. The summed E-state index contributed by atoms with van der Waals surface area (Å²) < 4.78 is 47.0. The van der Waals surface area contributed by atoms with Gasteiger partial charge in [-0.25, -0.2) is 4.98 Å². The third kappa shape index (κ3) is 7.17. The van der Waals surface area contributed by atoms with E-state index in [0.29, 0.717) is 22.7 Å². The fourth-order valence-electron chi connectivity index (χ4n) is 3.88. The number of likely N-dealkylation sites (tertiary alicyclic amines) is 1. The number of aromatic nitrogens is 2. The largest absolute Gasteiger partial charge is 0.573 e. The molecule has 1 aliphatic heterocycles. The van der Waals surface area contributed by atoms with Gasteiger partial charge in [0.15, 0.2) is 0 Å². The van der Waals surface area contributed by atoms with Crippen LogP contribution in [0.3, 0.4) is 0 Å². The Morgan fingerprint density at radius 1 is 1.00 bits per heavy atom. The second-order valence-electron chi connectivity index (χ2n) is 8.53. The van der Waals surface area contributed by atoms with Crippen LogP contribution in [0.2, 0.25) is 0 Å². The number of halogens is 3. The summed E-state index contributed by atoms with van der Waals surface area (Å²) in [5, 5.41) is 4.07. The highest BCUT2D eigenvalue weighted by Gasteiger charge is 2.31. The van der Waals surface area contributed by atoms with Crippen molar-refractivity contribution < 1.29 is 27.5 Å². The Labute approximate surface area is 207 Å². The van der Waals surface area contributed by atoms with Gasteiger partial charge in [-0.2, -0.15) is 4.98 Å². The van der Waals surface area contributed by atoms with Crippen LogP contribution in [0.4, 0.5) is 13.2 Å². The molecule has 36 heavy (non-hydrogen) atoms. The molecule has 0 saturated carbocycles. The molecule has 0 N–H and O–H groups in total. The van der Waals surface area contributed by atoms with E-state index in [1.807, 2.05) is 6.07 Å². The number of oxime groups is 1. The van der Waals surface area contributed by atoms with E-state index >= 15 is 0 Å². The van der Waals surface area contributed by atoms with E-state index in [4.69, 9.17) is 9.57 Å². The fourth-order valence-corrected chi connectivity index (χ4v) is 3.88. The van der Waals surface area contributed by atoms with Gasteiger partial charge >= 0.3 is 6.36 Å². The second kappa shape index (κ2) is 11.4. The minimum Gasteiger partial charge on any atom is -0.474 e. The van der Waals surface area contributed by atoms with E-state index in [0.717, 1.165) is 32.5 Å². The van der Waals surface area contributed by atoms with Gasteiger partial charge < -0.3 is 14.3 Å². The van der Waals surface area contributed by atoms with Crippen molar-refractivity contribution in [3.05, 3.63) is 77.6 Å². The molecule has 2 heterocycles. The highest BCUT2D eigenvalue weighted by atomic mass is 19.4. The predicted octanol–water partition coefficient (Wildman–Crippen LogP) is 5.53.